The fourth-order valence-electron chi connectivity index (χ4n) is 4.03. The first-order valence-electron chi connectivity index (χ1n) is 12.3. The quantitative estimate of drug-likeness (QED) is 0.141. The van der Waals surface area contributed by atoms with Crippen molar-refractivity contribution in [3.63, 3.8) is 0 Å². The minimum atomic E-state index is -4.48. The number of nitrogens with one attached hydrogen (secondary N) is 3. The Morgan fingerprint density at radius 3 is 2.68 bits per heavy atom. The molecule has 1 aromatic heterocycles. The number of hydrazone groups is 1. The van der Waals surface area contributed by atoms with Gasteiger partial charge in [0.15, 0.2) is 11.7 Å². The van der Waals surface area contributed by atoms with E-state index < -0.39 is 36.3 Å². The lowest BCUT2D eigenvalue weighted by molar-refractivity contribution is -0.139. The number of carbonyl (C=O) groups excluding carboxylic acids is 2. The summed E-state index contributed by atoms with van der Waals surface area (Å²) in [7, 11) is 0. The number of benzene rings is 2. The molecule has 2 aromatic carbocycles. The number of alkyl halides is 3. The Hall–Kier alpha value is -4.65. The van der Waals surface area contributed by atoms with Crippen LogP contribution in [0.15, 0.2) is 81.5 Å². The van der Waals surface area contributed by atoms with Crippen LogP contribution in [0.5, 0.6) is 5.75 Å². The van der Waals surface area contributed by atoms with Gasteiger partial charge in [0.2, 0.25) is 0 Å². The van der Waals surface area contributed by atoms with Gasteiger partial charge in [-0.2, -0.15) is 18.3 Å². The van der Waals surface area contributed by atoms with E-state index in [1.807, 2.05) is 0 Å². The maximum Gasteiger partial charge on any atom is 0.416 e. The summed E-state index contributed by atoms with van der Waals surface area (Å²) in [4.78, 5) is 25.1. The maximum atomic E-state index is 13.0. The molecule has 1 aliphatic heterocycles. The Morgan fingerprint density at radius 2 is 1.93 bits per heavy atom. The molecule has 2 heterocycles. The smallest absolute Gasteiger partial charge is 0.416 e. The first-order chi connectivity index (χ1) is 19.6. The number of thiocarbonyl (C=S) groups is 1. The summed E-state index contributed by atoms with van der Waals surface area (Å²) in [6.45, 7) is 3.20. The minimum absolute atomic E-state index is 0.191. The molecule has 9 nitrogen and oxygen atoms in total. The predicted octanol–water partition coefficient (Wildman–Crippen LogP) is 4.85. The molecule has 0 radical (unpaired) electrons. The molecule has 0 spiro atoms. The second-order valence-electron chi connectivity index (χ2n) is 8.69. The lowest BCUT2D eigenvalue weighted by atomic mass is 9.95. The summed E-state index contributed by atoms with van der Waals surface area (Å²) in [5.41, 5.74) is 3.18. The summed E-state index contributed by atoms with van der Waals surface area (Å²) in [6, 6.07) is 13.9. The molecule has 41 heavy (non-hydrogen) atoms. The molecule has 3 N–H and O–H groups in total. The van der Waals surface area contributed by atoms with E-state index in [-0.39, 0.29) is 23.7 Å². The standard InChI is InChI=1S/C28H25F3N4O5S/c1-3-38-26(37)24-16(2)33-27(41)34-25(24)20-9-4-5-10-22(20)39-15-23(36)35-32-14-19-11-12-21(40-19)17-7-6-8-18(13-17)28(29,30)31/h4-14,25H,3,15H2,1-2H3,(H,35,36)(H2,33,34,41)/t25-/m0/s1. The maximum absolute atomic E-state index is 13.0. The van der Waals surface area contributed by atoms with Crippen LogP contribution in [0, 0.1) is 0 Å². The van der Waals surface area contributed by atoms with Crippen LogP contribution in [0.1, 0.15) is 36.8 Å². The van der Waals surface area contributed by atoms with Crippen LogP contribution in [0.25, 0.3) is 11.3 Å². The minimum Gasteiger partial charge on any atom is -0.483 e. The van der Waals surface area contributed by atoms with Crippen molar-refractivity contribution in [2.24, 2.45) is 5.10 Å². The topological polar surface area (TPSA) is 114 Å². The van der Waals surface area contributed by atoms with Crippen LogP contribution in [0.3, 0.4) is 0 Å². The number of allylic oxidation sites excluding steroid dienone is 1. The zero-order valence-electron chi connectivity index (χ0n) is 21.9. The van der Waals surface area contributed by atoms with Crippen molar-refractivity contribution in [1.82, 2.24) is 16.1 Å². The van der Waals surface area contributed by atoms with Gasteiger partial charge in [-0.1, -0.05) is 30.3 Å². The summed E-state index contributed by atoms with van der Waals surface area (Å²) in [6.07, 6.45) is -3.27. The van der Waals surface area contributed by atoms with E-state index in [0.717, 1.165) is 12.1 Å². The molecule has 0 saturated heterocycles. The van der Waals surface area contributed by atoms with Crippen molar-refractivity contribution < 1.29 is 36.7 Å². The average molecular weight is 587 g/mol. The van der Waals surface area contributed by atoms with Crippen molar-refractivity contribution in [3.05, 3.63) is 88.8 Å². The van der Waals surface area contributed by atoms with E-state index in [1.54, 1.807) is 38.1 Å². The number of esters is 1. The van der Waals surface area contributed by atoms with Crippen LogP contribution in [0.2, 0.25) is 0 Å². The molecule has 0 aliphatic carbocycles. The second-order valence-corrected chi connectivity index (χ2v) is 9.10. The van der Waals surface area contributed by atoms with Gasteiger partial charge in [0.25, 0.3) is 5.91 Å². The van der Waals surface area contributed by atoms with Crippen molar-refractivity contribution in [1.29, 1.82) is 0 Å². The Balaban J connectivity index is 1.40. The molecule has 1 atom stereocenters. The van der Waals surface area contributed by atoms with Crippen LogP contribution >= 0.6 is 12.2 Å². The number of rotatable bonds is 9. The fourth-order valence-corrected chi connectivity index (χ4v) is 4.30. The van der Waals surface area contributed by atoms with Gasteiger partial charge < -0.3 is 24.5 Å². The molecule has 1 aliphatic rings. The molecule has 3 aromatic rings. The number of furan rings is 1. The van der Waals surface area contributed by atoms with Gasteiger partial charge in [-0.25, -0.2) is 10.2 Å². The van der Waals surface area contributed by atoms with E-state index in [9.17, 15) is 22.8 Å². The van der Waals surface area contributed by atoms with Crippen LogP contribution < -0.4 is 20.8 Å². The highest BCUT2D eigenvalue weighted by Crippen LogP contribution is 2.34. The van der Waals surface area contributed by atoms with Crippen LogP contribution in [-0.4, -0.2) is 36.4 Å². The average Bonchev–Trinajstić information content (AvgIpc) is 3.40. The largest absolute Gasteiger partial charge is 0.483 e. The Labute approximate surface area is 238 Å². The monoisotopic (exact) mass is 586 g/mol. The number of ether oxygens (including phenoxy) is 2. The number of carbonyl (C=O) groups is 2. The Kier molecular flexibility index (Phi) is 9.07. The zero-order valence-corrected chi connectivity index (χ0v) is 22.7. The number of nitrogens with zero attached hydrogens (tertiary/aromatic N) is 1. The van der Waals surface area contributed by atoms with E-state index >= 15 is 0 Å². The molecule has 0 saturated carbocycles. The highest BCUT2D eigenvalue weighted by molar-refractivity contribution is 7.80. The SMILES string of the molecule is CCOC(=O)C1=C(C)NC(=S)N[C@H]1c1ccccc1OCC(=O)NN=Cc1ccc(-c2cccc(C(F)(F)F)c2)o1. The molecule has 0 bridgehead atoms. The highest BCUT2D eigenvalue weighted by atomic mass is 32.1. The van der Waals surface area contributed by atoms with E-state index in [4.69, 9.17) is 26.1 Å². The van der Waals surface area contributed by atoms with Gasteiger partial charge in [0.05, 0.1) is 30.0 Å². The summed E-state index contributed by atoms with van der Waals surface area (Å²) in [5, 5.41) is 10.1. The van der Waals surface area contributed by atoms with Gasteiger partial charge in [0, 0.05) is 16.8 Å². The molecule has 4 rings (SSSR count). The predicted molar refractivity (Wildman–Crippen MR) is 148 cm³/mol. The van der Waals surface area contributed by atoms with Gasteiger partial charge in [0.1, 0.15) is 17.3 Å². The molecule has 0 unspecified atom stereocenters. The van der Waals surface area contributed by atoms with Gasteiger partial charge >= 0.3 is 12.1 Å². The van der Waals surface area contributed by atoms with Gasteiger partial charge in [-0.3, -0.25) is 4.79 Å². The lowest BCUT2D eigenvalue weighted by Crippen LogP contribution is -2.45. The van der Waals surface area contributed by atoms with Gasteiger partial charge in [-0.05, 0) is 56.4 Å². The number of halogens is 3. The number of hydrogen-bond acceptors (Lipinski definition) is 7. The molecule has 0 fully saturated rings. The molecular formula is C28H25F3N4O5S. The Bertz CT molecular complexity index is 1520. The summed E-state index contributed by atoms with van der Waals surface area (Å²) >= 11 is 5.27. The Morgan fingerprint density at radius 1 is 1.15 bits per heavy atom. The third kappa shape index (κ3) is 7.31. The van der Waals surface area contributed by atoms with Crippen LogP contribution in [-0.2, 0) is 20.5 Å². The second kappa shape index (κ2) is 12.7. The normalized spacial score (nSPS) is 15.3. The lowest BCUT2D eigenvalue weighted by Gasteiger charge is -2.30. The molecule has 1 amide bonds. The fraction of sp³-hybridized carbons (Fsp3) is 0.214. The number of hydrogen-bond donors (Lipinski definition) is 3. The van der Waals surface area contributed by atoms with E-state index in [0.29, 0.717) is 27.7 Å². The third-order valence-electron chi connectivity index (χ3n) is 5.84. The molecule has 13 heteroatoms. The van der Waals surface area contributed by atoms with Crippen molar-refractivity contribution in [2.45, 2.75) is 26.1 Å². The molecule has 214 valence electrons. The third-order valence-corrected chi connectivity index (χ3v) is 6.06. The first-order valence-corrected chi connectivity index (χ1v) is 12.7. The summed E-state index contributed by atoms with van der Waals surface area (Å²) < 4.78 is 55.5. The van der Waals surface area contributed by atoms with Crippen molar-refractivity contribution in [2.75, 3.05) is 13.2 Å². The highest BCUT2D eigenvalue weighted by Gasteiger charge is 2.33. The van der Waals surface area contributed by atoms with E-state index in [1.165, 1.54) is 30.5 Å². The zero-order chi connectivity index (χ0) is 29.6. The number of amides is 1. The van der Waals surface area contributed by atoms with Crippen molar-refractivity contribution in [3.8, 4) is 17.1 Å². The molecular weight excluding hydrogens is 561 g/mol. The van der Waals surface area contributed by atoms with Crippen molar-refractivity contribution >= 4 is 35.4 Å². The number of para-hydroxylation sites is 1. The van der Waals surface area contributed by atoms with Crippen LogP contribution in [0.4, 0.5) is 13.2 Å². The van der Waals surface area contributed by atoms with E-state index in [2.05, 4.69) is 21.2 Å². The van der Waals surface area contributed by atoms with Gasteiger partial charge in [-0.15, -0.1) is 0 Å². The first kappa shape index (κ1) is 29.3. The summed E-state index contributed by atoms with van der Waals surface area (Å²) in [5.74, 6) is -0.354.